The van der Waals surface area contributed by atoms with Crippen molar-refractivity contribution in [3.05, 3.63) is 47.5 Å². The summed E-state index contributed by atoms with van der Waals surface area (Å²) in [6.07, 6.45) is 0. The minimum atomic E-state index is -0.185. The van der Waals surface area contributed by atoms with Crippen molar-refractivity contribution in [3.63, 3.8) is 0 Å². The van der Waals surface area contributed by atoms with Crippen LogP contribution in [0.1, 0.15) is 15.9 Å². The third-order valence-electron chi connectivity index (χ3n) is 3.29. The molecule has 2 aromatic carbocycles. The first-order valence-electron chi connectivity index (χ1n) is 6.69. The van der Waals surface area contributed by atoms with Gasteiger partial charge in [0.1, 0.15) is 5.75 Å². The van der Waals surface area contributed by atoms with Crippen LogP contribution in [0.4, 0.5) is 10.8 Å². The fraction of sp³-hybridized carbons (Fsp3) is 0.125. The molecule has 0 unspecified atom stereocenters. The number of rotatable bonds is 3. The third kappa shape index (κ3) is 2.73. The molecule has 0 bridgehead atoms. The van der Waals surface area contributed by atoms with Gasteiger partial charge in [-0.1, -0.05) is 17.4 Å². The van der Waals surface area contributed by atoms with Crippen LogP contribution in [0.5, 0.6) is 5.75 Å². The van der Waals surface area contributed by atoms with Gasteiger partial charge in [-0.05, 0) is 42.8 Å². The van der Waals surface area contributed by atoms with Crippen molar-refractivity contribution in [1.29, 1.82) is 0 Å². The summed E-state index contributed by atoms with van der Waals surface area (Å²) in [5.74, 6) is 0.463. The summed E-state index contributed by atoms with van der Waals surface area (Å²) in [5.41, 5.74) is 8.86. The molecule has 1 heterocycles. The Kier molecular flexibility index (Phi) is 3.68. The van der Waals surface area contributed by atoms with Crippen LogP contribution in [0.3, 0.4) is 0 Å². The molecule has 3 N–H and O–H groups in total. The monoisotopic (exact) mass is 313 g/mol. The van der Waals surface area contributed by atoms with Gasteiger partial charge in [-0.3, -0.25) is 4.79 Å². The number of carbonyl (C=O) groups is 1. The highest BCUT2D eigenvalue weighted by atomic mass is 32.1. The van der Waals surface area contributed by atoms with E-state index >= 15 is 0 Å². The van der Waals surface area contributed by atoms with E-state index in [9.17, 15) is 4.79 Å². The Bertz CT molecular complexity index is 858. The van der Waals surface area contributed by atoms with Crippen molar-refractivity contribution in [2.75, 3.05) is 18.2 Å². The van der Waals surface area contributed by atoms with Gasteiger partial charge in [-0.2, -0.15) is 0 Å². The third-order valence-corrected chi connectivity index (χ3v) is 4.12. The summed E-state index contributed by atoms with van der Waals surface area (Å²) >= 11 is 1.40. The SMILES string of the molecule is COc1cccc(C(=O)Nc2cc(C)c3nc(N)sc3c2)c1. The van der Waals surface area contributed by atoms with Gasteiger partial charge in [0.25, 0.3) is 5.91 Å². The van der Waals surface area contributed by atoms with Crippen LogP contribution in [0.15, 0.2) is 36.4 Å². The number of hydrogen-bond donors (Lipinski definition) is 2. The molecule has 6 heteroatoms. The van der Waals surface area contributed by atoms with Crippen molar-refractivity contribution in [2.45, 2.75) is 6.92 Å². The lowest BCUT2D eigenvalue weighted by Gasteiger charge is -2.08. The van der Waals surface area contributed by atoms with E-state index in [0.717, 1.165) is 21.5 Å². The highest BCUT2D eigenvalue weighted by Gasteiger charge is 2.10. The number of ether oxygens (including phenoxy) is 1. The number of anilines is 2. The molecule has 0 aliphatic rings. The Labute approximate surface area is 131 Å². The average molecular weight is 313 g/mol. The highest BCUT2D eigenvalue weighted by molar-refractivity contribution is 7.22. The zero-order valence-electron chi connectivity index (χ0n) is 12.2. The van der Waals surface area contributed by atoms with Gasteiger partial charge < -0.3 is 15.8 Å². The predicted octanol–water partition coefficient (Wildman–Crippen LogP) is 3.45. The van der Waals surface area contributed by atoms with Crippen molar-refractivity contribution in [3.8, 4) is 5.75 Å². The lowest BCUT2D eigenvalue weighted by atomic mass is 10.1. The van der Waals surface area contributed by atoms with E-state index in [-0.39, 0.29) is 5.91 Å². The Balaban J connectivity index is 1.90. The Morgan fingerprint density at radius 2 is 2.14 bits per heavy atom. The molecular formula is C16H15N3O2S. The van der Waals surface area contributed by atoms with Crippen LogP contribution in [0.25, 0.3) is 10.2 Å². The maximum Gasteiger partial charge on any atom is 0.255 e. The summed E-state index contributed by atoms with van der Waals surface area (Å²) in [6, 6.07) is 10.8. The van der Waals surface area contributed by atoms with Crippen LogP contribution >= 0.6 is 11.3 Å². The molecular weight excluding hydrogens is 298 g/mol. The molecule has 3 aromatic rings. The predicted molar refractivity (Wildman–Crippen MR) is 89.7 cm³/mol. The minimum Gasteiger partial charge on any atom is -0.497 e. The molecule has 5 nitrogen and oxygen atoms in total. The number of aryl methyl sites for hydroxylation is 1. The number of nitrogens with one attached hydrogen (secondary N) is 1. The van der Waals surface area contributed by atoms with Gasteiger partial charge in [-0.15, -0.1) is 0 Å². The van der Waals surface area contributed by atoms with Crippen molar-refractivity contribution >= 4 is 38.3 Å². The summed E-state index contributed by atoms with van der Waals surface area (Å²) < 4.78 is 6.09. The maximum absolute atomic E-state index is 12.3. The smallest absolute Gasteiger partial charge is 0.255 e. The van der Waals surface area contributed by atoms with Crippen LogP contribution < -0.4 is 15.8 Å². The standard InChI is InChI=1S/C16H15N3O2S/c1-9-6-11(8-13-14(9)19-16(17)22-13)18-15(20)10-4-3-5-12(7-10)21-2/h3-8H,1-2H3,(H2,17,19)(H,18,20). The van der Waals surface area contributed by atoms with E-state index in [4.69, 9.17) is 10.5 Å². The molecule has 3 rings (SSSR count). The average Bonchev–Trinajstić information content (AvgIpc) is 2.88. The van der Waals surface area contributed by atoms with Gasteiger partial charge in [-0.25, -0.2) is 4.98 Å². The van der Waals surface area contributed by atoms with E-state index in [1.54, 1.807) is 31.4 Å². The Morgan fingerprint density at radius 3 is 2.91 bits per heavy atom. The zero-order valence-corrected chi connectivity index (χ0v) is 13.0. The Hall–Kier alpha value is -2.60. The lowest BCUT2D eigenvalue weighted by molar-refractivity contribution is 0.102. The summed E-state index contributed by atoms with van der Waals surface area (Å²) in [4.78, 5) is 16.6. The van der Waals surface area contributed by atoms with E-state index in [1.165, 1.54) is 11.3 Å². The summed E-state index contributed by atoms with van der Waals surface area (Å²) in [6.45, 7) is 1.95. The fourth-order valence-electron chi connectivity index (χ4n) is 2.25. The number of nitrogen functional groups attached to an aromatic ring is 1. The second-order valence-corrected chi connectivity index (χ2v) is 5.94. The highest BCUT2D eigenvalue weighted by Crippen LogP contribution is 2.29. The topological polar surface area (TPSA) is 77.2 Å². The first-order chi connectivity index (χ1) is 10.6. The second-order valence-electron chi connectivity index (χ2n) is 4.88. The molecule has 112 valence electrons. The molecule has 0 aliphatic heterocycles. The van der Waals surface area contributed by atoms with E-state index in [1.807, 2.05) is 19.1 Å². The van der Waals surface area contributed by atoms with Gasteiger partial charge in [0.2, 0.25) is 0 Å². The number of amides is 1. The van der Waals surface area contributed by atoms with Crippen LogP contribution in [0.2, 0.25) is 0 Å². The first kappa shape index (κ1) is 14.3. The molecule has 0 fully saturated rings. The van der Waals surface area contributed by atoms with Gasteiger partial charge >= 0.3 is 0 Å². The number of hydrogen-bond acceptors (Lipinski definition) is 5. The van der Waals surface area contributed by atoms with E-state index in [2.05, 4.69) is 10.3 Å². The largest absolute Gasteiger partial charge is 0.497 e. The first-order valence-corrected chi connectivity index (χ1v) is 7.50. The summed E-state index contributed by atoms with van der Waals surface area (Å²) in [7, 11) is 1.57. The maximum atomic E-state index is 12.3. The minimum absolute atomic E-state index is 0.185. The molecule has 1 amide bonds. The van der Waals surface area contributed by atoms with Gasteiger partial charge in [0.05, 0.1) is 17.3 Å². The van der Waals surface area contributed by atoms with Gasteiger partial charge in [0.15, 0.2) is 5.13 Å². The number of aromatic nitrogens is 1. The molecule has 0 atom stereocenters. The number of carbonyl (C=O) groups excluding carboxylic acids is 1. The summed E-state index contributed by atoms with van der Waals surface area (Å²) in [5, 5.41) is 3.42. The van der Waals surface area contributed by atoms with Crippen molar-refractivity contribution in [1.82, 2.24) is 4.98 Å². The number of fused-ring (bicyclic) bond motifs is 1. The molecule has 0 saturated carbocycles. The lowest BCUT2D eigenvalue weighted by Crippen LogP contribution is -2.12. The Morgan fingerprint density at radius 1 is 1.32 bits per heavy atom. The normalized spacial score (nSPS) is 10.6. The quantitative estimate of drug-likeness (QED) is 0.776. The van der Waals surface area contributed by atoms with Crippen LogP contribution in [0, 0.1) is 6.92 Å². The number of methoxy groups -OCH3 is 1. The number of thiazole rings is 1. The van der Waals surface area contributed by atoms with Crippen LogP contribution in [-0.2, 0) is 0 Å². The number of benzene rings is 2. The molecule has 0 spiro atoms. The molecule has 0 saturated heterocycles. The number of nitrogens with two attached hydrogens (primary N) is 1. The van der Waals surface area contributed by atoms with E-state index < -0.39 is 0 Å². The molecule has 0 aliphatic carbocycles. The molecule has 0 radical (unpaired) electrons. The van der Waals surface area contributed by atoms with Crippen molar-refractivity contribution < 1.29 is 9.53 Å². The van der Waals surface area contributed by atoms with E-state index in [0.29, 0.717) is 16.4 Å². The fourth-order valence-corrected chi connectivity index (χ4v) is 3.11. The van der Waals surface area contributed by atoms with Crippen LogP contribution in [-0.4, -0.2) is 18.0 Å². The van der Waals surface area contributed by atoms with Gasteiger partial charge in [0, 0.05) is 11.3 Å². The second kappa shape index (κ2) is 5.65. The number of nitrogens with zero attached hydrogens (tertiary/aromatic N) is 1. The van der Waals surface area contributed by atoms with Crippen molar-refractivity contribution in [2.24, 2.45) is 0 Å². The zero-order chi connectivity index (χ0) is 15.7. The molecule has 1 aromatic heterocycles. The molecule has 22 heavy (non-hydrogen) atoms.